The number of nitrogens with one attached hydrogen (secondary N) is 1. The molecule has 1 saturated carbocycles. The second-order valence-corrected chi connectivity index (χ2v) is 6.78. The first kappa shape index (κ1) is 13.0. The maximum atomic E-state index is 12.1. The molecule has 98 valence electrons. The minimum absolute atomic E-state index is 0.0390. The zero-order valence-corrected chi connectivity index (χ0v) is 11.5. The Hall–Kier alpha value is -0.420. The van der Waals surface area contributed by atoms with Crippen molar-refractivity contribution in [3.63, 3.8) is 0 Å². The molecule has 1 N–H and O–H groups in total. The molecule has 1 aliphatic carbocycles. The first-order valence-corrected chi connectivity index (χ1v) is 8.17. The Morgan fingerprint density at radius 2 is 2.18 bits per heavy atom. The van der Waals surface area contributed by atoms with Gasteiger partial charge in [-0.1, -0.05) is 0 Å². The monoisotopic (exact) mass is 258 g/mol. The van der Waals surface area contributed by atoms with Crippen LogP contribution < -0.4 is 5.32 Å². The molecule has 2 aliphatic rings. The molecule has 2 fully saturated rings. The molecule has 1 aliphatic heterocycles. The van der Waals surface area contributed by atoms with Gasteiger partial charge in [0.25, 0.3) is 0 Å². The van der Waals surface area contributed by atoms with Crippen LogP contribution in [0.4, 0.5) is 0 Å². The van der Waals surface area contributed by atoms with Crippen LogP contribution in [0.5, 0.6) is 0 Å². The molecular weight excluding hydrogens is 236 g/mol. The SMILES string of the molecule is CC(CCS(C)=O)N1CCC(NC2CC2)C1=O. The van der Waals surface area contributed by atoms with Crippen molar-refractivity contribution in [1.29, 1.82) is 0 Å². The van der Waals surface area contributed by atoms with Crippen molar-refractivity contribution < 1.29 is 9.00 Å². The van der Waals surface area contributed by atoms with Gasteiger partial charge in [0.15, 0.2) is 0 Å². The summed E-state index contributed by atoms with van der Waals surface area (Å²) in [5.41, 5.74) is 0. The van der Waals surface area contributed by atoms with Gasteiger partial charge in [-0.05, 0) is 32.6 Å². The van der Waals surface area contributed by atoms with E-state index < -0.39 is 10.8 Å². The minimum atomic E-state index is -0.759. The van der Waals surface area contributed by atoms with Crippen molar-refractivity contribution in [2.45, 2.75) is 50.7 Å². The predicted octanol–water partition coefficient (Wildman–Crippen LogP) is 0.496. The summed E-state index contributed by atoms with van der Waals surface area (Å²) in [5, 5.41) is 3.40. The molecule has 0 radical (unpaired) electrons. The molecule has 3 atom stereocenters. The zero-order valence-electron chi connectivity index (χ0n) is 10.6. The molecule has 0 bridgehead atoms. The molecule has 1 heterocycles. The van der Waals surface area contributed by atoms with Crippen LogP contribution in [0.3, 0.4) is 0 Å². The van der Waals surface area contributed by atoms with Crippen LogP contribution in [0.15, 0.2) is 0 Å². The van der Waals surface area contributed by atoms with Gasteiger partial charge in [-0.15, -0.1) is 0 Å². The van der Waals surface area contributed by atoms with E-state index in [1.165, 1.54) is 12.8 Å². The Balaban J connectivity index is 1.80. The van der Waals surface area contributed by atoms with E-state index in [0.29, 0.717) is 11.8 Å². The van der Waals surface area contributed by atoms with Crippen molar-refractivity contribution >= 4 is 16.7 Å². The first-order valence-electron chi connectivity index (χ1n) is 6.44. The Kier molecular flexibility index (Phi) is 4.20. The number of rotatable bonds is 6. The molecule has 0 aromatic rings. The number of carbonyl (C=O) groups excluding carboxylic acids is 1. The summed E-state index contributed by atoms with van der Waals surface area (Å²) in [4.78, 5) is 14.1. The minimum Gasteiger partial charge on any atom is -0.339 e. The lowest BCUT2D eigenvalue weighted by molar-refractivity contribution is -0.131. The van der Waals surface area contributed by atoms with Crippen molar-refractivity contribution in [3.05, 3.63) is 0 Å². The summed E-state index contributed by atoms with van der Waals surface area (Å²) in [6.07, 6.45) is 5.91. The van der Waals surface area contributed by atoms with Crippen molar-refractivity contribution in [2.75, 3.05) is 18.6 Å². The van der Waals surface area contributed by atoms with Gasteiger partial charge in [0.05, 0.1) is 6.04 Å². The van der Waals surface area contributed by atoms with Gasteiger partial charge < -0.3 is 10.2 Å². The van der Waals surface area contributed by atoms with Gasteiger partial charge in [0, 0.05) is 41.4 Å². The van der Waals surface area contributed by atoms with E-state index >= 15 is 0 Å². The summed E-state index contributed by atoms with van der Waals surface area (Å²) >= 11 is 0. The van der Waals surface area contributed by atoms with Crippen LogP contribution in [0, 0.1) is 0 Å². The van der Waals surface area contributed by atoms with Gasteiger partial charge >= 0.3 is 0 Å². The Morgan fingerprint density at radius 1 is 1.47 bits per heavy atom. The van der Waals surface area contributed by atoms with Crippen LogP contribution in [-0.4, -0.2) is 51.7 Å². The van der Waals surface area contributed by atoms with E-state index in [1.54, 1.807) is 6.26 Å². The van der Waals surface area contributed by atoms with Crippen LogP contribution >= 0.6 is 0 Å². The highest BCUT2D eigenvalue weighted by atomic mass is 32.2. The lowest BCUT2D eigenvalue weighted by Gasteiger charge is -2.24. The molecule has 17 heavy (non-hydrogen) atoms. The summed E-state index contributed by atoms with van der Waals surface area (Å²) in [7, 11) is -0.759. The molecule has 2 rings (SSSR count). The fourth-order valence-electron chi connectivity index (χ4n) is 2.32. The summed E-state index contributed by atoms with van der Waals surface area (Å²) in [6.45, 7) is 2.91. The third-order valence-electron chi connectivity index (χ3n) is 3.61. The Morgan fingerprint density at radius 3 is 2.76 bits per heavy atom. The molecule has 0 spiro atoms. The van der Waals surface area contributed by atoms with E-state index in [1.807, 2.05) is 4.90 Å². The molecule has 3 unspecified atom stereocenters. The van der Waals surface area contributed by atoms with E-state index in [2.05, 4.69) is 12.2 Å². The summed E-state index contributed by atoms with van der Waals surface area (Å²) in [6, 6.07) is 0.844. The molecule has 0 aromatic carbocycles. The predicted molar refractivity (Wildman–Crippen MR) is 69.3 cm³/mol. The maximum Gasteiger partial charge on any atom is 0.240 e. The van der Waals surface area contributed by atoms with E-state index in [-0.39, 0.29) is 18.0 Å². The molecule has 1 saturated heterocycles. The highest BCUT2D eigenvalue weighted by Crippen LogP contribution is 2.23. The quantitative estimate of drug-likeness (QED) is 0.754. The average molecular weight is 258 g/mol. The number of hydrogen-bond donors (Lipinski definition) is 1. The van der Waals surface area contributed by atoms with Gasteiger partial charge in [-0.25, -0.2) is 0 Å². The van der Waals surface area contributed by atoms with Gasteiger partial charge in [0.1, 0.15) is 0 Å². The van der Waals surface area contributed by atoms with Crippen LogP contribution in [-0.2, 0) is 15.6 Å². The Bertz CT molecular complexity index is 318. The van der Waals surface area contributed by atoms with Crippen LogP contribution in [0.1, 0.15) is 32.6 Å². The largest absolute Gasteiger partial charge is 0.339 e. The van der Waals surface area contributed by atoms with E-state index in [0.717, 1.165) is 19.4 Å². The average Bonchev–Trinajstić information content (AvgIpc) is 3.01. The fourth-order valence-corrected chi connectivity index (χ4v) is 2.99. The molecule has 1 amide bonds. The van der Waals surface area contributed by atoms with Crippen LogP contribution in [0.25, 0.3) is 0 Å². The second kappa shape index (κ2) is 5.48. The molecule has 0 aromatic heterocycles. The zero-order chi connectivity index (χ0) is 12.4. The lowest BCUT2D eigenvalue weighted by Crippen LogP contribution is -2.42. The number of hydrogen-bond acceptors (Lipinski definition) is 3. The first-order chi connectivity index (χ1) is 8.08. The number of likely N-dealkylation sites (tertiary alicyclic amines) is 1. The maximum absolute atomic E-state index is 12.1. The number of carbonyl (C=O) groups is 1. The standard InChI is InChI=1S/C12H22N2O2S/c1-9(6-8-17(2)16)14-7-5-11(12(14)15)13-10-3-4-10/h9-11,13H,3-8H2,1-2H3. The highest BCUT2D eigenvalue weighted by molar-refractivity contribution is 7.84. The summed E-state index contributed by atoms with van der Waals surface area (Å²) < 4.78 is 11.1. The Labute approximate surface area is 106 Å². The lowest BCUT2D eigenvalue weighted by atomic mass is 10.2. The van der Waals surface area contributed by atoms with Gasteiger partial charge in [-0.2, -0.15) is 0 Å². The fraction of sp³-hybridized carbons (Fsp3) is 0.917. The smallest absolute Gasteiger partial charge is 0.240 e. The molecule has 5 heteroatoms. The third-order valence-corrected chi connectivity index (χ3v) is 4.42. The third kappa shape index (κ3) is 3.52. The normalized spacial score (nSPS) is 28.5. The van der Waals surface area contributed by atoms with Gasteiger partial charge in [0.2, 0.25) is 5.91 Å². The second-order valence-electron chi connectivity index (χ2n) is 5.23. The molecule has 4 nitrogen and oxygen atoms in total. The highest BCUT2D eigenvalue weighted by Gasteiger charge is 2.37. The van der Waals surface area contributed by atoms with E-state index in [9.17, 15) is 9.00 Å². The topological polar surface area (TPSA) is 49.4 Å². The van der Waals surface area contributed by atoms with Crippen molar-refractivity contribution in [1.82, 2.24) is 10.2 Å². The van der Waals surface area contributed by atoms with Crippen molar-refractivity contribution in [2.24, 2.45) is 0 Å². The van der Waals surface area contributed by atoms with E-state index in [4.69, 9.17) is 0 Å². The number of nitrogens with zero attached hydrogens (tertiary/aromatic N) is 1. The number of amides is 1. The molecular formula is C12H22N2O2S. The van der Waals surface area contributed by atoms with Gasteiger partial charge in [-0.3, -0.25) is 9.00 Å². The summed E-state index contributed by atoms with van der Waals surface area (Å²) in [5.74, 6) is 0.928. The van der Waals surface area contributed by atoms with Crippen LogP contribution in [0.2, 0.25) is 0 Å². The van der Waals surface area contributed by atoms with Crippen molar-refractivity contribution in [3.8, 4) is 0 Å².